The van der Waals surface area contributed by atoms with Gasteiger partial charge in [-0.05, 0) is 39.7 Å². The molecule has 110 valence electrons. The lowest BCUT2D eigenvalue weighted by molar-refractivity contribution is 0.0608. The fourth-order valence-electron chi connectivity index (χ4n) is 3.56. The molecular weight excluding hydrogens is 274 g/mol. The standard InChI is InChI=1S/C14H21N3O2S/c1-8-12(13(18)19)16-14(20-8)15-9-6-10-4-3-5-11(7-9)17(10)2/h9-11H,3-7H2,1-2H3,(H,15,16)(H,18,19). The van der Waals surface area contributed by atoms with Crippen LogP contribution in [-0.2, 0) is 0 Å². The van der Waals surface area contributed by atoms with Gasteiger partial charge in [0.15, 0.2) is 10.8 Å². The minimum Gasteiger partial charge on any atom is -0.476 e. The van der Waals surface area contributed by atoms with Crippen LogP contribution in [0.15, 0.2) is 0 Å². The van der Waals surface area contributed by atoms with E-state index < -0.39 is 5.97 Å². The van der Waals surface area contributed by atoms with Gasteiger partial charge in [-0.1, -0.05) is 6.42 Å². The van der Waals surface area contributed by atoms with Crippen molar-refractivity contribution < 1.29 is 9.90 Å². The van der Waals surface area contributed by atoms with Gasteiger partial charge in [-0.25, -0.2) is 9.78 Å². The van der Waals surface area contributed by atoms with E-state index in [0.717, 1.165) is 22.9 Å². The summed E-state index contributed by atoms with van der Waals surface area (Å²) in [6.45, 7) is 1.82. The average Bonchev–Trinajstić information content (AvgIpc) is 2.72. The number of aromatic carboxylic acids is 1. The second-order valence-corrected chi connectivity index (χ2v) is 7.15. The van der Waals surface area contributed by atoms with Gasteiger partial charge < -0.3 is 15.3 Å². The van der Waals surface area contributed by atoms with Crippen LogP contribution in [0.25, 0.3) is 0 Å². The Hall–Kier alpha value is -1.14. The summed E-state index contributed by atoms with van der Waals surface area (Å²) in [4.78, 5) is 18.5. The molecule has 0 spiro atoms. The van der Waals surface area contributed by atoms with E-state index in [9.17, 15) is 4.79 Å². The fraction of sp³-hybridized carbons (Fsp3) is 0.714. The van der Waals surface area contributed by atoms with Crippen molar-refractivity contribution in [1.82, 2.24) is 9.88 Å². The first-order valence-electron chi connectivity index (χ1n) is 7.23. The third-order valence-corrected chi connectivity index (χ3v) is 5.57. The van der Waals surface area contributed by atoms with Crippen LogP contribution in [0.2, 0.25) is 0 Å². The number of carboxylic acid groups (broad SMARTS) is 1. The van der Waals surface area contributed by atoms with Crippen LogP contribution in [0.3, 0.4) is 0 Å². The quantitative estimate of drug-likeness (QED) is 0.897. The summed E-state index contributed by atoms with van der Waals surface area (Å²) in [5, 5.41) is 13.3. The molecule has 2 aliphatic heterocycles. The lowest BCUT2D eigenvalue weighted by Crippen LogP contribution is -2.52. The summed E-state index contributed by atoms with van der Waals surface area (Å²) in [5.41, 5.74) is 0.186. The van der Waals surface area contributed by atoms with Crippen LogP contribution >= 0.6 is 11.3 Å². The van der Waals surface area contributed by atoms with Gasteiger partial charge in [0.1, 0.15) is 0 Å². The average molecular weight is 295 g/mol. The number of carboxylic acids is 1. The molecule has 2 bridgehead atoms. The van der Waals surface area contributed by atoms with E-state index in [1.165, 1.54) is 30.6 Å². The first-order chi connectivity index (χ1) is 9.54. The number of hydrogen-bond acceptors (Lipinski definition) is 5. The van der Waals surface area contributed by atoms with Crippen molar-refractivity contribution in [1.29, 1.82) is 0 Å². The fourth-order valence-corrected chi connectivity index (χ4v) is 4.45. The summed E-state index contributed by atoms with van der Waals surface area (Å²) in [5.74, 6) is -0.938. The number of thiazole rings is 1. The molecule has 3 rings (SSSR count). The molecule has 0 saturated carbocycles. The first-order valence-corrected chi connectivity index (χ1v) is 8.05. The van der Waals surface area contributed by atoms with Crippen molar-refractivity contribution in [3.63, 3.8) is 0 Å². The van der Waals surface area contributed by atoms with Gasteiger partial charge in [0, 0.05) is 23.0 Å². The van der Waals surface area contributed by atoms with Gasteiger partial charge >= 0.3 is 5.97 Å². The van der Waals surface area contributed by atoms with E-state index in [1.807, 2.05) is 6.92 Å². The van der Waals surface area contributed by atoms with E-state index >= 15 is 0 Å². The molecule has 0 radical (unpaired) electrons. The Balaban J connectivity index is 1.69. The molecule has 2 saturated heterocycles. The molecule has 0 aromatic carbocycles. The maximum atomic E-state index is 11.0. The van der Waals surface area contributed by atoms with Crippen LogP contribution in [-0.4, -0.2) is 46.1 Å². The van der Waals surface area contributed by atoms with Crippen LogP contribution in [0.5, 0.6) is 0 Å². The summed E-state index contributed by atoms with van der Waals surface area (Å²) in [6, 6.07) is 1.76. The summed E-state index contributed by atoms with van der Waals surface area (Å²) < 4.78 is 0. The Kier molecular flexibility index (Phi) is 3.69. The van der Waals surface area contributed by atoms with Gasteiger partial charge in [0.2, 0.25) is 0 Å². The van der Waals surface area contributed by atoms with Gasteiger partial charge in [0.05, 0.1) is 0 Å². The van der Waals surface area contributed by atoms with E-state index in [1.54, 1.807) is 0 Å². The molecule has 0 aliphatic carbocycles. The molecule has 2 atom stereocenters. The maximum Gasteiger partial charge on any atom is 0.355 e. The van der Waals surface area contributed by atoms with Crippen molar-refractivity contribution >= 4 is 22.4 Å². The Morgan fingerprint density at radius 1 is 1.40 bits per heavy atom. The number of carbonyl (C=O) groups is 1. The van der Waals surface area contributed by atoms with Crippen LogP contribution in [0.1, 0.15) is 47.5 Å². The van der Waals surface area contributed by atoms with Crippen molar-refractivity contribution in [2.24, 2.45) is 0 Å². The number of anilines is 1. The van der Waals surface area contributed by atoms with E-state index in [-0.39, 0.29) is 5.69 Å². The molecule has 0 amide bonds. The highest BCUT2D eigenvalue weighted by Gasteiger charge is 2.36. The highest BCUT2D eigenvalue weighted by Crippen LogP contribution is 2.34. The minimum atomic E-state index is -0.938. The predicted octanol–water partition coefficient (Wildman–Crippen LogP) is 2.58. The molecule has 1 aromatic heterocycles. The third-order valence-electron chi connectivity index (χ3n) is 4.67. The van der Waals surface area contributed by atoms with Crippen LogP contribution < -0.4 is 5.32 Å². The lowest BCUT2D eigenvalue weighted by Gasteiger charge is -2.47. The molecule has 20 heavy (non-hydrogen) atoms. The number of aromatic nitrogens is 1. The zero-order chi connectivity index (χ0) is 14.3. The van der Waals surface area contributed by atoms with Crippen molar-refractivity contribution in [2.75, 3.05) is 12.4 Å². The predicted molar refractivity (Wildman–Crippen MR) is 79.6 cm³/mol. The Morgan fingerprint density at radius 3 is 2.60 bits per heavy atom. The highest BCUT2D eigenvalue weighted by atomic mass is 32.1. The minimum absolute atomic E-state index is 0.186. The van der Waals surface area contributed by atoms with E-state index in [4.69, 9.17) is 5.11 Å². The number of fused-ring (bicyclic) bond motifs is 2. The monoisotopic (exact) mass is 295 g/mol. The Bertz CT molecular complexity index is 503. The SMILES string of the molecule is Cc1sc(NC2CC3CCCC(C2)N3C)nc1C(=O)O. The number of rotatable bonds is 3. The zero-order valence-corrected chi connectivity index (χ0v) is 12.7. The maximum absolute atomic E-state index is 11.0. The zero-order valence-electron chi connectivity index (χ0n) is 11.9. The molecule has 3 heterocycles. The summed E-state index contributed by atoms with van der Waals surface area (Å²) >= 11 is 1.45. The molecule has 2 fully saturated rings. The van der Waals surface area contributed by atoms with Gasteiger partial charge in [-0.2, -0.15) is 0 Å². The molecule has 2 aliphatic rings. The van der Waals surface area contributed by atoms with Gasteiger partial charge in [0.25, 0.3) is 0 Å². The topological polar surface area (TPSA) is 65.5 Å². The lowest BCUT2D eigenvalue weighted by atomic mass is 9.82. The first kappa shape index (κ1) is 13.8. The molecule has 2 N–H and O–H groups in total. The van der Waals surface area contributed by atoms with Crippen molar-refractivity contribution in [3.8, 4) is 0 Å². The largest absolute Gasteiger partial charge is 0.476 e. The second kappa shape index (κ2) is 5.33. The molecule has 1 aromatic rings. The molecule has 5 nitrogen and oxygen atoms in total. The van der Waals surface area contributed by atoms with E-state index in [2.05, 4.69) is 22.2 Å². The summed E-state index contributed by atoms with van der Waals surface area (Å²) in [7, 11) is 2.24. The van der Waals surface area contributed by atoms with Crippen LogP contribution in [0, 0.1) is 6.92 Å². The third kappa shape index (κ3) is 2.54. The van der Waals surface area contributed by atoms with Crippen molar-refractivity contribution in [3.05, 3.63) is 10.6 Å². The normalized spacial score (nSPS) is 30.2. The smallest absolute Gasteiger partial charge is 0.355 e. The molecular formula is C14H21N3O2S. The van der Waals surface area contributed by atoms with Gasteiger partial charge in [-0.3, -0.25) is 0 Å². The second-order valence-electron chi connectivity index (χ2n) is 5.95. The number of aryl methyl sites for hydroxylation is 1. The Labute approximate surface area is 123 Å². The summed E-state index contributed by atoms with van der Waals surface area (Å²) in [6.07, 6.45) is 6.17. The molecule has 2 unspecified atom stereocenters. The highest BCUT2D eigenvalue weighted by molar-refractivity contribution is 7.15. The number of nitrogens with zero attached hydrogens (tertiary/aromatic N) is 2. The Morgan fingerprint density at radius 2 is 2.05 bits per heavy atom. The number of piperidine rings is 2. The number of hydrogen-bond donors (Lipinski definition) is 2. The van der Waals surface area contributed by atoms with E-state index in [0.29, 0.717) is 18.1 Å². The van der Waals surface area contributed by atoms with Crippen molar-refractivity contribution in [2.45, 2.75) is 57.2 Å². The van der Waals surface area contributed by atoms with Gasteiger partial charge in [-0.15, -0.1) is 11.3 Å². The molecule has 6 heteroatoms. The number of nitrogens with one attached hydrogen (secondary N) is 1. The van der Waals surface area contributed by atoms with Crippen LogP contribution in [0.4, 0.5) is 5.13 Å².